The lowest BCUT2D eigenvalue weighted by Gasteiger charge is -2.25. The number of hydrogen-bond acceptors (Lipinski definition) is 6. The largest absolute Gasteiger partial charge is 0.476 e. The molecule has 2 N–H and O–H groups in total. The van der Waals surface area contributed by atoms with Crippen molar-refractivity contribution < 1.29 is 4.74 Å². The molecule has 0 saturated heterocycles. The molecule has 1 atom stereocenters. The molecule has 6 nitrogen and oxygen atoms in total. The van der Waals surface area contributed by atoms with Gasteiger partial charge in [0, 0.05) is 13.1 Å². The molecule has 1 aromatic rings. The summed E-state index contributed by atoms with van der Waals surface area (Å²) in [6.45, 7) is 4.30. The van der Waals surface area contributed by atoms with Gasteiger partial charge in [-0.05, 0) is 13.8 Å². The summed E-state index contributed by atoms with van der Waals surface area (Å²) in [6.07, 6.45) is 1.82. The van der Waals surface area contributed by atoms with Crippen molar-refractivity contribution in [3.8, 4) is 11.9 Å². The number of nitrogens with two attached hydrogens (primary N) is 1. The van der Waals surface area contributed by atoms with Gasteiger partial charge >= 0.3 is 0 Å². The van der Waals surface area contributed by atoms with E-state index < -0.39 is 0 Å². The molecule has 0 aliphatic heterocycles. The highest BCUT2D eigenvalue weighted by Gasteiger charge is 2.17. The molecule has 1 unspecified atom stereocenters. The van der Waals surface area contributed by atoms with Crippen LogP contribution < -0.4 is 15.4 Å². The number of rotatable bonds is 5. The molecule has 0 spiro atoms. The summed E-state index contributed by atoms with van der Waals surface area (Å²) in [5.74, 6) is 0.972. The van der Waals surface area contributed by atoms with Crippen LogP contribution in [0.5, 0.6) is 5.88 Å². The van der Waals surface area contributed by atoms with Crippen LogP contribution in [0.4, 0.5) is 11.5 Å². The lowest BCUT2D eigenvalue weighted by atomic mass is 10.2. The fraction of sp³-hybridized carbons (Fsp3) is 0.545. The van der Waals surface area contributed by atoms with Crippen LogP contribution in [-0.2, 0) is 0 Å². The summed E-state index contributed by atoms with van der Waals surface area (Å²) < 4.78 is 5.30. The van der Waals surface area contributed by atoms with Gasteiger partial charge in [-0.3, -0.25) is 0 Å². The molecule has 92 valence electrons. The SMILES string of the molecule is CCOc1ncnc(N(C)C(C)CC#N)c1N. The van der Waals surface area contributed by atoms with Crippen LogP contribution in [0.2, 0.25) is 0 Å². The van der Waals surface area contributed by atoms with Crippen LogP contribution in [-0.4, -0.2) is 29.7 Å². The maximum absolute atomic E-state index is 8.68. The van der Waals surface area contributed by atoms with E-state index in [2.05, 4.69) is 16.0 Å². The van der Waals surface area contributed by atoms with E-state index in [0.717, 1.165) is 0 Å². The summed E-state index contributed by atoms with van der Waals surface area (Å²) >= 11 is 0. The average Bonchev–Trinajstić information content (AvgIpc) is 2.31. The minimum absolute atomic E-state index is 0.0340. The van der Waals surface area contributed by atoms with Gasteiger partial charge in [0.2, 0.25) is 5.88 Å². The molecule has 1 rings (SSSR count). The molecule has 0 saturated carbocycles. The van der Waals surface area contributed by atoms with Crippen molar-refractivity contribution in [3.63, 3.8) is 0 Å². The van der Waals surface area contributed by atoms with Crippen LogP contribution in [0.15, 0.2) is 6.33 Å². The predicted octanol–water partition coefficient (Wildman–Crippen LogP) is 1.20. The second kappa shape index (κ2) is 5.89. The topological polar surface area (TPSA) is 88.1 Å². The molecular weight excluding hydrogens is 218 g/mol. The summed E-state index contributed by atoms with van der Waals surface area (Å²) in [7, 11) is 1.84. The van der Waals surface area contributed by atoms with E-state index in [9.17, 15) is 0 Å². The first-order valence-corrected chi connectivity index (χ1v) is 5.44. The van der Waals surface area contributed by atoms with Gasteiger partial charge in [0.05, 0.1) is 19.1 Å². The quantitative estimate of drug-likeness (QED) is 0.824. The molecule has 1 aromatic heterocycles. The van der Waals surface area contributed by atoms with E-state index in [1.165, 1.54) is 6.33 Å². The standard InChI is InChI=1S/C11H17N5O/c1-4-17-11-9(13)10(14-7-15-11)16(3)8(2)5-6-12/h7-8H,4-5,13H2,1-3H3. The Morgan fingerprint density at radius 3 is 2.88 bits per heavy atom. The number of nitrogen functional groups attached to an aromatic ring is 1. The van der Waals surface area contributed by atoms with Gasteiger partial charge < -0.3 is 15.4 Å². The summed E-state index contributed by atoms with van der Waals surface area (Å²) in [6, 6.07) is 2.15. The van der Waals surface area contributed by atoms with Gasteiger partial charge in [0.15, 0.2) is 5.82 Å². The zero-order chi connectivity index (χ0) is 12.8. The van der Waals surface area contributed by atoms with Crippen molar-refractivity contribution in [1.82, 2.24) is 9.97 Å². The second-order valence-corrected chi connectivity index (χ2v) is 3.67. The molecule has 0 aliphatic rings. The number of aromatic nitrogens is 2. The highest BCUT2D eigenvalue weighted by molar-refractivity contribution is 5.67. The van der Waals surface area contributed by atoms with Crippen molar-refractivity contribution in [2.24, 2.45) is 0 Å². The van der Waals surface area contributed by atoms with Gasteiger partial charge in [-0.25, -0.2) is 4.98 Å². The zero-order valence-corrected chi connectivity index (χ0v) is 10.3. The van der Waals surface area contributed by atoms with Crippen LogP contribution in [0.1, 0.15) is 20.3 Å². The lowest BCUT2D eigenvalue weighted by molar-refractivity contribution is 0.328. The fourth-order valence-electron chi connectivity index (χ4n) is 1.38. The molecule has 0 bridgehead atoms. The van der Waals surface area contributed by atoms with Crippen molar-refractivity contribution in [2.75, 3.05) is 24.3 Å². The van der Waals surface area contributed by atoms with Crippen molar-refractivity contribution >= 4 is 11.5 Å². The van der Waals surface area contributed by atoms with Gasteiger partial charge in [-0.1, -0.05) is 0 Å². The molecule has 6 heteroatoms. The Labute approximate surface area is 101 Å². The van der Waals surface area contributed by atoms with E-state index in [-0.39, 0.29) is 6.04 Å². The van der Waals surface area contributed by atoms with Gasteiger partial charge in [-0.15, -0.1) is 0 Å². The zero-order valence-electron chi connectivity index (χ0n) is 10.3. The van der Waals surface area contributed by atoms with Crippen LogP contribution >= 0.6 is 0 Å². The Balaban J connectivity index is 2.98. The van der Waals surface area contributed by atoms with E-state index in [0.29, 0.717) is 30.4 Å². The minimum Gasteiger partial charge on any atom is -0.476 e. The Morgan fingerprint density at radius 2 is 2.29 bits per heavy atom. The van der Waals surface area contributed by atoms with Crippen LogP contribution in [0, 0.1) is 11.3 Å². The van der Waals surface area contributed by atoms with Crippen molar-refractivity contribution in [1.29, 1.82) is 5.26 Å². The number of nitrogens with zero attached hydrogens (tertiary/aromatic N) is 4. The minimum atomic E-state index is 0.0340. The molecule has 1 heterocycles. The molecule has 0 fully saturated rings. The first-order chi connectivity index (χ1) is 8.11. The van der Waals surface area contributed by atoms with E-state index >= 15 is 0 Å². The summed E-state index contributed by atoms with van der Waals surface area (Å²) in [5, 5.41) is 8.68. The highest BCUT2D eigenvalue weighted by atomic mass is 16.5. The second-order valence-electron chi connectivity index (χ2n) is 3.67. The fourth-order valence-corrected chi connectivity index (χ4v) is 1.38. The monoisotopic (exact) mass is 235 g/mol. The van der Waals surface area contributed by atoms with Gasteiger partial charge in [-0.2, -0.15) is 10.2 Å². The van der Waals surface area contributed by atoms with E-state index in [4.69, 9.17) is 15.7 Å². The molecule has 0 aliphatic carbocycles. The molecule has 0 amide bonds. The number of nitriles is 1. The predicted molar refractivity (Wildman–Crippen MR) is 65.7 cm³/mol. The molecule has 0 aromatic carbocycles. The number of ether oxygens (including phenoxy) is 1. The molecular formula is C11H17N5O. The summed E-state index contributed by atoms with van der Waals surface area (Å²) in [4.78, 5) is 9.94. The van der Waals surface area contributed by atoms with E-state index in [1.807, 2.05) is 25.8 Å². The summed E-state index contributed by atoms with van der Waals surface area (Å²) in [5.41, 5.74) is 6.33. The number of anilines is 2. The van der Waals surface area contributed by atoms with Crippen LogP contribution in [0.25, 0.3) is 0 Å². The normalized spacial score (nSPS) is 11.6. The van der Waals surface area contributed by atoms with Crippen molar-refractivity contribution in [2.45, 2.75) is 26.3 Å². The Bertz CT molecular complexity index is 415. The maximum atomic E-state index is 8.68. The third kappa shape index (κ3) is 2.97. The Hall–Kier alpha value is -2.03. The van der Waals surface area contributed by atoms with Gasteiger partial charge in [0.1, 0.15) is 12.0 Å². The maximum Gasteiger partial charge on any atom is 0.242 e. The van der Waals surface area contributed by atoms with Crippen molar-refractivity contribution in [3.05, 3.63) is 6.33 Å². The third-order valence-electron chi connectivity index (χ3n) is 2.49. The van der Waals surface area contributed by atoms with E-state index in [1.54, 1.807) is 0 Å². The highest BCUT2D eigenvalue weighted by Crippen LogP contribution is 2.28. The first kappa shape index (κ1) is 13.0. The number of hydrogen-bond donors (Lipinski definition) is 1. The lowest BCUT2D eigenvalue weighted by Crippen LogP contribution is -2.30. The first-order valence-electron chi connectivity index (χ1n) is 5.44. The van der Waals surface area contributed by atoms with Gasteiger partial charge in [0.25, 0.3) is 0 Å². The smallest absolute Gasteiger partial charge is 0.242 e. The average molecular weight is 235 g/mol. The molecule has 17 heavy (non-hydrogen) atoms. The Morgan fingerprint density at radius 1 is 1.59 bits per heavy atom. The molecule has 0 radical (unpaired) electrons. The third-order valence-corrected chi connectivity index (χ3v) is 2.49. The van der Waals surface area contributed by atoms with Crippen LogP contribution in [0.3, 0.4) is 0 Å². The Kier molecular flexibility index (Phi) is 4.52.